The van der Waals surface area contributed by atoms with E-state index >= 15 is 0 Å². The number of nitrogen functional groups attached to an aromatic ring is 1. The van der Waals surface area contributed by atoms with Crippen molar-refractivity contribution in [1.29, 1.82) is 0 Å². The van der Waals surface area contributed by atoms with E-state index in [9.17, 15) is 4.39 Å². The molecule has 0 saturated heterocycles. The van der Waals surface area contributed by atoms with Gasteiger partial charge in [0.1, 0.15) is 5.82 Å². The Morgan fingerprint density at radius 2 is 2.00 bits per heavy atom. The Hall–Kier alpha value is -1.84. The Morgan fingerprint density at radius 1 is 1.28 bits per heavy atom. The van der Waals surface area contributed by atoms with Crippen LogP contribution in [0.25, 0.3) is 11.1 Å². The fraction of sp³-hybridized carbons (Fsp3) is 0.357. The summed E-state index contributed by atoms with van der Waals surface area (Å²) in [5, 5.41) is 4.49. The number of halogens is 1. The zero-order valence-electron chi connectivity index (χ0n) is 11.0. The highest BCUT2D eigenvalue weighted by Gasteiger charge is 2.17. The average Bonchev–Trinajstić information content (AvgIpc) is 2.68. The Balaban J connectivity index is 2.72. The molecule has 0 amide bonds. The van der Waals surface area contributed by atoms with Gasteiger partial charge in [-0.25, -0.2) is 4.39 Å². The molecule has 0 radical (unpaired) electrons. The summed E-state index contributed by atoms with van der Waals surface area (Å²) in [6.07, 6.45) is 1.65. The molecule has 2 aromatic rings. The van der Waals surface area contributed by atoms with Crippen LogP contribution < -0.4 is 5.73 Å². The lowest BCUT2D eigenvalue weighted by Crippen LogP contribution is -1.98. The van der Waals surface area contributed by atoms with E-state index in [1.807, 2.05) is 18.7 Å². The van der Waals surface area contributed by atoms with E-state index in [1.54, 1.807) is 6.07 Å². The molecule has 1 aromatic carbocycles. The second kappa shape index (κ2) is 4.80. The second-order valence-electron chi connectivity index (χ2n) is 4.33. The van der Waals surface area contributed by atoms with Gasteiger partial charge >= 0.3 is 0 Å². The number of aromatic nitrogens is 2. The Labute approximate surface area is 106 Å². The maximum absolute atomic E-state index is 13.4. The van der Waals surface area contributed by atoms with E-state index in [0.717, 1.165) is 35.4 Å². The number of rotatable bonds is 3. The summed E-state index contributed by atoms with van der Waals surface area (Å²) in [5.41, 5.74) is 10.4. The first kappa shape index (κ1) is 12.6. The van der Waals surface area contributed by atoms with Crippen LogP contribution in [0.2, 0.25) is 0 Å². The first-order valence-corrected chi connectivity index (χ1v) is 6.18. The predicted octanol–water partition coefficient (Wildman–Crippen LogP) is 2.93. The van der Waals surface area contributed by atoms with Crippen LogP contribution in [-0.4, -0.2) is 9.78 Å². The highest BCUT2D eigenvalue weighted by atomic mass is 19.1. The molecule has 18 heavy (non-hydrogen) atoms. The molecule has 2 rings (SSSR count). The van der Waals surface area contributed by atoms with Gasteiger partial charge in [-0.05, 0) is 31.0 Å². The van der Waals surface area contributed by atoms with Crippen LogP contribution in [0, 0.1) is 5.82 Å². The van der Waals surface area contributed by atoms with Crippen molar-refractivity contribution in [1.82, 2.24) is 9.78 Å². The van der Waals surface area contributed by atoms with Crippen molar-refractivity contribution in [2.24, 2.45) is 7.05 Å². The van der Waals surface area contributed by atoms with Crippen molar-refractivity contribution in [3.63, 3.8) is 0 Å². The number of hydrogen-bond acceptors (Lipinski definition) is 2. The summed E-state index contributed by atoms with van der Waals surface area (Å²) in [4.78, 5) is 0. The summed E-state index contributed by atoms with van der Waals surface area (Å²) in [6, 6.07) is 4.48. The van der Waals surface area contributed by atoms with Crippen LogP contribution >= 0.6 is 0 Å². The maximum Gasteiger partial charge on any atom is 0.123 e. The van der Waals surface area contributed by atoms with Crippen LogP contribution in [0.5, 0.6) is 0 Å². The van der Waals surface area contributed by atoms with Crippen LogP contribution in [-0.2, 0) is 19.9 Å². The number of anilines is 1. The number of hydrogen-bond donors (Lipinski definition) is 1. The van der Waals surface area contributed by atoms with Crippen molar-refractivity contribution in [2.45, 2.75) is 26.7 Å². The molecule has 96 valence electrons. The first-order valence-electron chi connectivity index (χ1n) is 6.18. The second-order valence-corrected chi connectivity index (χ2v) is 4.33. The van der Waals surface area contributed by atoms with Gasteiger partial charge in [0.15, 0.2) is 0 Å². The van der Waals surface area contributed by atoms with Crippen molar-refractivity contribution < 1.29 is 4.39 Å². The predicted molar refractivity (Wildman–Crippen MR) is 71.8 cm³/mol. The summed E-state index contributed by atoms with van der Waals surface area (Å²) in [6.45, 7) is 4.11. The number of benzene rings is 1. The van der Waals surface area contributed by atoms with E-state index in [1.165, 1.54) is 12.1 Å². The van der Waals surface area contributed by atoms with Crippen molar-refractivity contribution in [3.8, 4) is 11.1 Å². The van der Waals surface area contributed by atoms with Gasteiger partial charge in [-0.1, -0.05) is 13.8 Å². The number of nitrogens with zero attached hydrogens (tertiary/aromatic N) is 2. The summed E-state index contributed by atoms with van der Waals surface area (Å²) in [7, 11) is 1.91. The normalized spacial score (nSPS) is 10.9. The Morgan fingerprint density at radius 3 is 2.61 bits per heavy atom. The van der Waals surface area contributed by atoms with Crippen LogP contribution in [0.1, 0.15) is 25.2 Å². The number of aryl methyl sites for hydroxylation is 2. The monoisotopic (exact) mass is 247 g/mol. The van der Waals surface area contributed by atoms with E-state index < -0.39 is 0 Å². The molecule has 3 nitrogen and oxygen atoms in total. The lowest BCUT2D eigenvalue weighted by molar-refractivity contribution is 0.628. The van der Waals surface area contributed by atoms with E-state index in [4.69, 9.17) is 5.73 Å². The molecule has 1 heterocycles. The molecule has 1 aromatic heterocycles. The minimum absolute atomic E-state index is 0.271. The SMILES string of the molecule is CCc1nn(C)c(CC)c1-c1cc(F)ccc1N. The van der Waals surface area contributed by atoms with Crippen molar-refractivity contribution >= 4 is 5.69 Å². The maximum atomic E-state index is 13.4. The molecule has 0 saturated carbocycles. The summed E-state index contributed by atoms with van der Waals surface area (Å²) >= 11 is 0. The standard InChI is InChI=1S/C14H18FN3/c1-4-12-14(13(5-2)18(3)17-12)10-8-9(15)6-7-11(10)16/h6-8H,4-5,16H2,1-3H3. The third-order valence-electron chi connectivity index (χ3n) is 3.19. The molecule has 0 atom stereocenters. The fourth-order valence-electron chi connectivity index (χ4n) is 2.33. The Bertz CT molecular complexity index is 573. The molecular weight excluding hydrogens is 229 g/mol. The summed E-state index contributed by atoms with van der Waals surface area (Å²) in [5.74, 6) is -0.271. The molecule has 0 bridgehead atoms. The molecule has 2 N–H and O–H groups in total. The van der Waals surface area contributed by atoms with Gasteiger partial charge in [0, 0.05) is 29.6 Å². The lowest BCUT2D eigenvalue weighted by Gasteiger charge is -2.08. The van der Waals surface area contributed by atoms with E-state index in [-0.39, 0.29) is 5.82 Å². The van der Waals surface area contributed by atoms with Gasteiger partial charge in [0.25, 0.3) is 0 Å². The molecule has 4 heteroatoms. The molecule has 0 aliphatic heterocycles. The topological polar surface area (TPSA) is 43.8 Å². The molecule has 0 aliphatic rings. The molecular formula is C14H18FN3. The molecule has 0 fully saturated rings. The molecule has 0 spiro atoms. The van der Waals surface area contributed by atoms with Crippen molar-refractivity contribution in [3.05, 3.63) is 35.4 Å². The lowest BCUT2D eigenvalue weighted by atomic mass is 9.99. The third kappa shape index (κ3) is 1.98. The highest BCUT2D eigenvalue weighted by Crippen LogP contribution is 2.33. The highest BCUT2D eigenvalue weighted by molar-refractivity contribution is 5.79. The van der Waals surface area contributed by atoms with Gasteiger partial charge in [-0.3, -0.25) is 4.68 Å². The zero-order valence-corrected chi connectivity index (χ0v) is 11.0. The third-order valence-corrected chi connectivity index (χ3v) is 3.19. The molecule has 0 aliphatic carbocycles. The number of nitrogens with two attached hydrogens (primary N) is 1. The Kier molecular flexibility index (Phi) is 3.36. The minimum atomic E-state index is -0.271. The average molecular weight is 247 g/mol. The minimum Gasteiger partial charge on any atom is -0.398 e. The van der Waals surface area contributed by atoms with E-state index in [2.05, 4.69) is 12.0 Å². The zero-order chi connectivity index (χ0) is 13.3. The van der Waals surface area contributed by atoms with Crippen LogP contribution in [0.15, 0.2) is 18.2 Å². The van der Waals surface area contributed by atoms with Gasteiger partial charge in [0.05, 0.1) is 5.69 Å². The van der Waals surface area contributed by atoms with Gasteiger partial charge in [-0.15, -0.1) is 0 Å². The largest absolute Gasteiger partial charge is 0.398 e. The molecule has 0 unspecified atom stereocenters. The quantitative estimate of drug-likeness (QED) is 0.847. The first-order chi connectivity index (χ1) is 8.58. The van der Waals surface area contributed by atoms with Gasteiger partial charge in [0.2, 0.25) is 0 Å². The van der Waals surface area contributed by atoms with Crippen LogP contribution in [0.4, 0.5) is 10.1 Å². The van der Waals surface area contributed by atoms with Gasteiger partial charge in [-0.2, -0.15) is 5.10 Å². The fourth-order valence-corrected chi connectivity index (χ4v) is 2.33. The smallest absolute Gasteiger partial charge is 0.123 e. The van der Waals surface area contributed by atoms with Crippen molar-refractivity contribution in [2.75, 3.05) is 5.73 Å². The van der Waals surface area contributed by atoms with E-state index in [0.29, 0.717) is 5.69 Å². The van der Waals surface area contributed by atoms with Gasteiger partial charge < -0.3 is 5.73 Å². The summed E-state index contributed by atoms with van der Waals surface area (Å²) < 4.78 is 15.3. The van der Waals surface area contributed by atoms with Crippen LogP contribution in [0.3, 0.4) is 0 Å².